The molecule has 1 heterocycles. The van der Waals surface area contributed by atoms with Crippen LogP contribution >= 0.6 is 0 Å². The number of nitrogens with zero attached hydrogens (tertiary/aromatic N) is 2. The third kappa shape index (κ3) is 3.63. The fraction of sp³-hybridized carbons (Fsp3) is 0.615. The lowest BCUT2D eigenvalue weighted by atomic mass is 9.99. The summed E-state index contributed by atoms with van der Waals surface area (Å²) in [5.74, 6) is 0.332. The molecule has 0 aromatic rings. The molecule has 0 bridgehead atoms. The number of terminal acetylenes is 1. The molecule has 1 aliphatic heterocycles. The van der Waals surface area contributed by atoms with Gasteiger partial charge in [0.2, 0.25) is 0 Å². The number of carbonyl (C=O) groups is 3. The predicted molar refractivity (Wildman–Crippen MR) is 69.7 cm³/mol. The zero-order valence-corrected chi connectivity index (χ0v) is 11.5. The van der Waals surface area contributed by atoms with Gasteiger partial charge in [-0.15, -0.1) is 6.42 Å². The van der Waals surface area contributed by atoms with Crippen molar-refractivity contribution in [3.63, 3.8) is 0 Å². The summed E-state index contributed by atoms with van der Waals surface area (Å²) in [6.07, 6.45) is 5.14. The molecule has 0 aromatic heterocycles. The molecule has 1 saturated heterocycles. The highest BCUT2D eigenvalue weighted by molar-refractivity contribution is 5.82. The molecular weight excluding hydrogens is 264 g/mol. The number of hydrogen-bond donors (Lipinski definition) is 1. The fourth-order valence-corrected chi connectivity index (χ4v) is 2.25. The number of carboxylic acid groups (broad SMARTS) is 1. The van der Waals surface area contributed by atoms with Gasteiger partial charge in [0.1, 0.15) is 6.54 Å². The van der Waals surface area contributed by atoms with E-state index >= 15 is 0 Å². The average Bonchev–Trinajstić information content (AvgIpc) is 2.78. The lowest BCUT2D eigenvalue weighted by molar-refractivity contribution is -0.146. The maximum atomic E-state index is 12.2. The molecule has 1 N–H and O–H groups in total. The summed E-state index contributed by atoms with van der Waals surface area (Å²) in [5, 5.41) is 8.78. The summed E-state index contributed by atoms with van der Waals surface area (Å²) in [5.41, 5.74) is 0. The van der Waals surface area contributed by atoms with Crippen molar-refractivity contribution in [1.82, 2.24) is 9.80 Å². The number of likely N-dealkylation sites (tertiary alicyclic amines) is 1. The zero-order chi connectivity index (χ0) is 15.3. The van der Waals surface area contributed by atoms with E-state index in [1.54, 1.807) is 0 Å². The number of amides is 2. The molecule has 2 atom stereocenters. The first kappa shape index (κ1) is 15.8. The zero-order valence-electron chi connectivity index (χ0n) is 11.5. The molecule has 0 spiro atoms. The molecule has 0 radical (unpaired) electrons. The molecule has 7 nitrogen and oxygen atoms in total. The van der Waals surface area contributed by atoms with Gasteiger partial charge in [-0.2, -0.15) is 0 Å². The molecule has 2 amide bonds. The molecule has 20 heavy (non-hydrogen) atoms. The van der Waals surface area contributed by atoms with Crippen LogP contribution in [0.4, 0.5) is 4.79 Å². The number of carboxylic acids is 1. The van der Waals surface area contributed by atoms with Gasteiger partial charge in [-0.3, -0.25) is 9.59 Å². The van der Waals surface area contributed by atoms with E-state index in [2.05, 4.69) is 10.7 Å². The minimum Gasteiger partial charge on any atom is -0.480 e. The van der Waals surface area contributed by atoms with Gasteiger partial charge >= 0.3 is 18.0 Å². The Morgan fingerprint density at radius 1 is 1.45 bits per heavy atom. The van der Waals surface area contributed by atoms with E-state index in [9.17, 15) is 14.4 Å². The Hall–Kier alpha value is -2.23. The highest BCUT2D eigenvalue weighted by Crippen LogP contribution is 2.24. The fourth-order valence-electron chi connectivity index (χ4n) is 2.25. The van der Waals surface area contributed by atoms with E-state index in [0.29, 0.717) is 6.54 Å². The molecule has 2 unspecified atom stereocenters. The van der Waals surface area contributed by atoms with Crippen molar-refractivity contribution in [1.29, 1.82) is 0 Å². The topological polar surface area (TPSA) is 87.2 Å². The summed E-state index contributed by atoms with van der Waals surface area (Å²) < 4.78 is 4.69. The summed E-state index contributed by atoms with van der Waals surface area (Å²) in [4.78, 5) is 37.0. The van der Waals surface area contributed by atoms with Crippen LogP contribution in [0.3, 0.4) is 0 Å². The van der Waals surface area contributed by atoms with Crippen molar-refractivity contribution in [2.45, 2.75) is 6.92 Å². The maximum Gasteiger partial charge on any atom is 0.323 e. The molecule has 0 aliphatic carbocycles. The van der Waals surface area contributed by atoms with Gasteiger partial charge in [0, 0.05) is 13.1 Å². The number of esters is 1. The van der Waals surface area contributed by atoms with Crippen LogP contribution in [0.25, 0.3) is 0 Å². The van der Waals surface area contributed by atoms with Gasteiger partial charge in [-0.05, 0) is 5.92 Å². The van der Waals surface area contributed by atoms with Crippen LogP contribution in [0.2, 0.25) is 0 Å². The Morgan fingerprint density at radius 3 is 2.60 bits per heavy atom. The van der Waals surface area contributed by atoms with Crippen LogP contribution in [-0.4, -0.2) is 66.2 Å². The van der Waals surface area contributed by atoms with Gasteiger partial charge in [0.15, 0.2) is 0 Å². The third-order valence-corrected chi connectivity index (χ3v) is 3.27. The van der Waals surface area contributed by atoms with Crippen LogP contribution in [-0.2, 0) is 14.3 Å². The Kier molecular flexibility index (Phi) is 5.38. The normalized spacial score (nSPS) is 21.1. The molecule has 1 aliphatic rings. The highest BCUT2D eigenvalue weighted by Gasteiger charge is 2.39. The van der Waals surface area contributed by atoms with Crippen molar-refractivity contribution in [3.8, 4) is 12.3 Å². The van der Waals surface area contributed by atoms with E-state index in [1.807, 2.05) is 6.92 Å². The standard InChI is InChI=1S/C13H18N2O5/c1-4-5-14(8-11(16)17)13(19)15-6-9(2)10(7-15)12(18)20-3/h1,9-10H,5-8H2,2-3H3,(H,16,17). The molecule has 1 fully saturated rings. The Bertz CT molecular complexity index is 443. The highest BCUT2D eigenvalue weighted by atomic mass is 16.5. The molecule has 1 rings (SSSR count). The van der Waals surface area contributed by atoms with Gasteiger partial charge in [-0.25, -0.2) is 4.79 Å². The van der Waals surface area contributed by atoms with Gasteiger partial charge < -0.3 is 19.6 Å². The van der Waals surface area contributed by atoms with E-state index < -0.39 is 18.5 Å². The summed E-state index contributed by atoms with van der Waals surface area (Å²) in [6.45, 7) is 1.89. The number of hydrogen-bond acceptors (Lipinski definition) is 4. The van der Waals surface area contributed by atoms with Crippen LogP contribution in [0.5, 0.6) is 0 Å². The van der Waals surface area contributed by atoms with Crippen LogP contribution in [0.15, 0.2) is 0 Å². The first-order valence-corrected chi connectivity index (χ1v) is 6.17. The van der Waals surface area contributed by atoms with Crippen molar-refractivity contribution in [3.05, 3.63) is 0 Å². The Labute approximate surface area is 117 Å². The number of urea groups is 1. The van der Waals surface area contributed by atoms with Crippen molar-refractivity contribution in [2.24, 2.45) is 11.8 Å². The third-order valence-electron chi connectivity index (χ3n) is 3.27. The predicted octanol–water partition coefficient (Wildman–Crippen LogP) is -0.133. The second-order valence-corrected chi connectivity index (χ2v) is 4.75. The smallest absolute Gasteiger partial charge is 0.323 e. The lowest BCUT2D eigenvalue weighted by Crippen LogP contribution is -2.45. The molecule has 0 aromatic carbocycles. The lowest BCUT2D eigenvalue weighted by Gasteiger charge is -2.25. The van der Waals surface area contributed by atoms with Crippen molar-refractivity contribution in [2.75, 3.05) is 33.3 Å². The number of aliphatic carboxylic acids is 1. The monoisotopic (exact) mass is 282 g/mol. The van der Waals surface area contributed by atoms with Gasteiger partial charge in [-0.1, -0.05) is 12.8 Å². The Balaban J connectivity index is 2.74. The molecular formula is C13H18N2O5. The van der Waals surface area contributed by atoms with E-state index in [1.165, 1.54) is 12.0 Å². The molecule has 7 heteroatoms. The number of ether oxygens (including phenoxy) is 1. The van der Waals surface area contributed by atoms with E-state index in [4.69, 9.17) is 11.5 Å². The van der Waals surface area contributed by atoms with Gasteiger partial charge in [0.25, 0.3) is 0 Å². The van der Waals surface area contributed by atoms with E-state index in [-0.39, 0.29) is 30.9 Å². The number of methoxy groups -OCH3 is 1. The minimum absolute atomic E-state index is 0.0380. The average molecular weight is 282 g/mol. The van der Waals surface area contributed by atoms with Gasteiger partial charge in [0.05, 0.1) is 19.6 Å². The summed E-state index contributed by atoms with van der Waals surface area (Å²) in [7, 11) is 1.30. The SMILES string of the molecule is C#CCN(CC(=O)O)C(=O)N1CC(C)C(C(=O)OC)C1. The largest absolute Gasteiger partial charge is 0.480 e. The first-order valence-electron chi connectivity index (χ1n) is 6.17. The summed E-state index contributed by atoms with van der Waals surface area (Å²) >= 11 is 0. The van der Waals surface area contributed by atoms with E-state index in [0.717, 1.165) is 4.90 Å². The molecule has 0 saturated carbocycles. The number of rotatable bonds is 4. The quantitative estimate of drug-likeness (QED) is 0.573. The maximum absolute atomic E-state index is 12.2. The summed E-state index contributed by atoms with van der Waals surface area (Å²) in [6, 6.07) is -0.469. The van der Waals surface area contributed by atoms with Crippen molar-refractivity contribution >= 4 is 18.0 Å². The van der Waals surface area contributed by atoms with Crippen LogP contribution in [0, 0.1) is 24.2 Å². The first-order chi connectivity index (χ1) is 9.40. The Morgan fingerprint density at radius 2 is 2.10 bits per heavy atom. The van der Waals surface area contributed by atoms with Crippen LogP contribution < -0.4 is 0 Å². The second-order valence-electron chi connectivity index (χ2n) is 4.75. The van der Waals surface area contributed by atoms with Crippen molar-refractivity contribution < 1.29 is 24.2 Å². The second kappa shape index (κ2) is 6.80. The molecule has 110 valence electrons. The minimum atomic E-state index is -1.13. The van der Waals surface area contributed by atoms with Crippen LogP contribution in [0.1, 0.15) is 6.92 Å². The number of carbonyl (C=O) groups excluding carboxylic acids is 2.